The molecule has 0 atom stereocenters. The van der Waals surface area contributed by atoms with Crippen molar-refractivity contribution in [3.05, 3.63) is 44.2 Å². The topological polar surface area (TPSA) is 37.8 Å². The van der Waals surface area contributed by atoms with Crippen molar-refractivity contribution in [2.45, 2.75) is 6.92 Å². The van der Waals surface area contributed by atoms with Gasteiger partial charge in [0.05, 0.1) is 5.69 Å². The van der Waals surface area contributed by atoms with Gasteiger partial charge in [-0.2, -0.15) is 0 Å². The third-order valence-electron chi connectivity index (χ3n) is 2.14. The van der Waals surface area contributed by atoms with Crippen LogP contribution in [0.3, 0.4) is 0 Å². The van der Waals surface area contributed by atoms with E-state index in [2.05, 4.69) is 47.1 Å². The minimum absolute atomic E-state index is 0.701. The summed E-state index contributed by atoms with van der Waals surface area (Å²) in [7, 11) is 0. The lowest BCUT2D eigenvalue weighted by Crippen LogP contribution is -1.95. The van der Waals surface area contributed by atoms with E-state index in [0.717, 1.165) is 20.3 Å². The summed E-state index contributed by atoms with van der Waals surface area (Å²) in [6, 6.07) is 5.61. The number of nitrogens with zero attached hydrogens (tertiary/aromatic N) is 2. The average Bonchev–Trinajstić information content (AvgIpc) is 2.26. The van der Waals surface area contributed by atoms with Crippen LogP contribution in [0.4, 0.5) is 11.5 Å². The maximum Gasteiger partial charge on any atom is 0.134 e. The van der Waals surface area contributed by atoms with Crippen LogP contribution in [0, 0.1) is 6.92 Å². The molecular weight excluding hydrogens is 369 g/mol. The number of aromatic nitrogens is 2. The molecule has 0 fully saturated rings. The second-order valence-electron chi connectivity index (χ2n) is 3.43. The van der Waals surface area contributed by atoms with Crippen molar-refractivity contribution in [1.29, 1.82) is 0 Å². The monoisotopic (exact) mass is 375 g/mol. The molecule has 0 saturated carbocycles. The highest BCUT2D eigenvalue weighted by atomic mass is 79.9. The third kappa shape index (κ3) is 3.18. The molecule has 1 N–H and O–H groups in total. The van der Waals surface area contributed by atoms with Gasteiger partial charge in [-0.1, -0.05) is 11.6 Å². The molecular formula is C11H8Br2ClN3. The van der Waals surface area contributed by atoms with Gasteiger partial charge >= 0.3 is 0 Å². The summed E-state index contributed by atoms with van der Waals surface area (Å²) in [4.78, 5) is 8.08. The van der Waals surface area contributed by atoms with E-state index < -0.39 is 0 Å². The van der Waals surface area contributed by atoms with E-state index in [1.54, 1.807) is 6.07 Å². The Morgan fingerprint density at radius 2 is 1.94 bits per heavy atom. The van der Waals surface area contributed by atoms with Gasteiger partial charge in [0, 0.05) is 15.6 Å². The smallest absolute Gasteiger partial charge is 0.134 e. The molecule has 3 nitrogen and oxygen atoms in total. The lowest BCUT2D eigenvalue weighted by atomic mass is 10.2. The predicted octanol–water partition coefficient (Wildman–Crippen LogP) is 4.71. The van der Waals surface area contributed by atoms with Crippen LogP contribution >= 0.6 is 43.5 Å². The van der Waals surface area contributed by atoms with E-state index in [0.29, 0.717) is 10.8 Å². The Kier molecular flexibility index (Phi) is 4.01. The third-order valence-corrected chi connectivity index (χ3v) is 3.64. The van der Waals surface area contributed by atoms with Crippen LogP contribution in [0.5, 0.6) is 0 Å². The average molecular weight is 377 g/mol. The molecule has 0 bridgehead atoms. The fourth-order valence-corrected chi connectivity index (χ4v) is 2.31. The molecule has 1 aromatic heterocycles. The van der Waals surface area contributed by atoms with Gasteiger partial charge < -0.3 is 5.32 Å². The zero-order valence-electron chi connectivity index (χ0n) is 8.84. The van der Waals surface area contributed by atoms with E-state index in [9.17, 15) is 0 Å². The van der Waals surface area contributed by atoms with Crippen LogP contribution < -0.4 is 5.32 Å². The van der Waals surface area contributed by atoms with Crippen LogP contribution in [0.15, 0.2) is 33.6 Å². The zero-order valence-corrected chi connectivity index (χ0v) is 12.8. The Bertz CT molecular complexity index is 560. The second-order valence-corrected chi connectivity index (χ2v) is 5.51. The quantitative estimate of drug-likeness (QED) is 0.771. The molecule has 17 heavy (non-hydrogen) atoms. The molecule has 0 saturated heterocycles. The Morgan fingerprint density at radius 1 is 1.18 bits per heavy atom. The van der Waals surface area contributed by atoms with Gasteiger partial charge in [0.2, 0.25) is 0 Å². The molecule has 0 spiro atoms. The van der Waals surface area contributed by atoms with E-state index in [1.807, 2.05) is 19.1 Å². The first kappa shape index (κ1) is 12.8. The van der Waals surface area contributed by atoms with Crippen molar-refractivity contribution in [3.8, 4) is 0 Å². The number of benzene rings is 1. The Hall–Kier alpha value is -0.650. The first-order chi connectivity index (χ1) is 8.06. The normalized spacial score (nSPS) is 10.4. The van der Waals surface area contributed by atoms with E-state index in [4.69, 9.17) is 11.6 Å². The highest BCUT2D eigenvalue weighted by Gasteiger charge is 2.05. The largest absolute Gasteiger partial charge is 0.339 e. The molecule has 2 rings (SSSR count). The molecule has 1 aromatic carbocycles. The van der Waals surface area contributed by atoms with E-state index in [1.165, 1.54) is 6.33 Å². The van der Waals surface area contributed by atoms with Crippen molar-refractivity contribution in [2.24, 2.45) is 0 Å². The summed E-state index contributed by atoms with van der Waals surface area (Å²) >= 11 is 12.9. The molecule has 0 aliphatic rings. The summed E-state index contributed by atoms with van der Waals surface area (Å²) in [5.74, 6) is 0.701. The first-order valence-corrected chi connectivity index (χ1v) is 6.73. The highest BCUT2D eigenvalue weighted by molar-refractivity contribution is 9.10. The lowest BCUT2D eigenvalue weighted by Gasteiger charge is -2.09. The summed E-state index contributed by atoms with van der Waals surface area (Å²) in [5, 5.41) is 3.88. The molecule has 1 heterocycles. The number of aryl methyl sites for hydroxylation is 1. The SMILES string of the molecule is Cc1cc(Br)c(Nc2cc(Br)ncn2)cc1Cl. The van der Waals surface area contributed by atoms with Crippen LogP contribution in [-0.4, -0.2) is 9.97 Å². The van der Waals surface area contributed by atoms with Gasteiger partial charge in [0.15, 0.2) is 0 Å². The number of hydrogen-bond donors (Lipinski definition) is 1. The molecule has 0 unspecified atom stereocenters. The Labute approximate surface area is 121 Å². The molecule has 2 aromatic rings. The standard InChI is InChI=1S/C11H8Br2ClN3/c1-6-2-7(12)9(3-8(6)14)17-11-4-10(13)15-5-16-11/h2-5H,1H3,(H,15,16,17). The lowest BCUT2D eigenvalue weighted by molar-refractivity contribution is 1.14. The van der Waals surface area contributed by atoms with Gasteiger partial charge in [-0.15, -0.1) is 0 Å². The van der Waals surface area contributed by atoms with Gasteiger partial charge in [0.1, 0.15) is 16.7 Å². The van der Waals surface area contributed by atoms with Crippen LogP contribution in [0.25, 0.3) is 0 Å². The summed E-state index contributed by atoms with van der Waals surface area (Å²) in [6.45, 7) is 1.96. The van der Waals surface area contributed by atoms with Crippen LogP contribution in [0.1, 0.15) is 5.56 Å². The van der Waals surface area contributed by atoms with Crippen molar-refractivity contribution < 1.29 is 0 Å². The predicted molar refractivity (Wildman–Crippen MR) is 76.9 cm³/mol. The number of rotatable bonds is 2. The van der Waals surface area contributed by atoms with Gasteiger partial charge in [-0.3, -0.25) is 0 Å². The Balaban J connectivity index is 2.33. The summed E-state index contributed by atoms with van der Waals surface area (Å²) in [6.07, 6.45) is 1.48. The minimum Gasteiger partial charge on any atom is -0.339 e. The van der Waals surface area contributed by atoms with Gasteiger partial charge in [0.25, 0.3) is 0 Å². The van der Waals surface area contributed by atoms with Crippen molar-refractivity contribution in [2.75, 3.05) is 5.32 Å². The fourth-order valence-electron chi connectivity index (χ4n) is 1.28. The second kappa shape index (κ2) is 5.33. The molecule has 0 amide bonds. The van der Waals surface area contributed by atoms with E-state index >= 15 is 0 Å². The number of hydrogen-bond acceptors (Lipinski definition) is 3. The summed E-state index contributed by atoms with van der Waals surface area (Å²) < 4.78 is 1.67. The first-order valence-electron chi connectivity index (χ1n) is 4.76. The Morgan fingerprint density at radius 3 is 2.65 bits per heavy atom. The number of anilines is 2. The summed E-state index contributed by atoms with van der Waals surface area (Å²) in [5.41, 5.74) is 1.89. The zero-order chi connectivity index (χ0) is 12.4. The maximum atomic E-state index is 6.08. The van der Waals surface area contributed by atoms with Crippen LogP contribution in [-0.2, 0) is 0 Å². The highest BCUT2D eigenvalue weighted by Crippen LogP contribution is 2.31. The molecule has 6 heteroatoms. The number of nitrogens with one attached hydrogen (secondary N) is 1. The van der Waals surface area contributed by atoms with Crippen molar-refractivity contribution in [1.82, 2.24) is 9.97 Å². The number of halogens is 3. The van der Waals surface area contributed by atoms with Crippen LogP contribution in [0.2, 0.25) is 5.02 Å². The van der Waals surface area contributed by atoms with E-state index in [-0.39, 0.29) is 0 Å². The molecule has 0 aliphatic heterocycles. The molecule has 0 radical (unpaired) electrons. The minimum atomic E-state index is 0.701. The van der Waals surface area contributed by atoms with Gasteiger partial charge in [-0.05, 0) is 56.5 Å². The molecule has 0 aliphatic carbocycles. The fraction of sp³-hybridized carbons (Fsp3) is 0.0909. The van der Waals surface area contributed by atoms with Gasteiger partial charge in [-0.25, -0.2) is 9.97 Å². The molecule has 88 valence electrons. The van der Waals surface area contributed by atoms with Crippen molar-refractivity contribution >= 4 is 55.0 Å². The maximum absolute atomic E-state index is 6.08. The van der Waals surface area contributed by atoms with Crippen molar-refractivity contribution in [3.63, 3.8) is 0 Å².